The van der Waals surface area contributed by atoms with Crippen molar-refractivity contribution in [1.82, 2.24) is 15.5 Å². The molecule has 112 valence electrons. The van der Waals surface area contributed by atoms with Gasteiger partial charge < -0.3 is 10.2 Å². The van der Waals surface area contributed by atoms with E-state index in [1.54, 1.807) is 0 Å². The lowest BCUT2D eigenvalue weighted by molar-refractivity contribution is 0.420. The molecule has 0 aliphatic carbocycles. The number of hydrogen-bond acceptors (Lipinski definition) is 4. The Labute approximate surface area is 127 Å². The van der Waals surface area contributed by atoms with Gasteiger partial charge in [-0.2, -0.15) is 5.10 Å². The molecule has 0 fully saturated rings. The molecule has 0 bridgehead atoms. The molecular weight excluding hydrogens is 260 g/mol. The highest BCUT2D eigenvalue weighted by Gasteiger charge is 2.11. The van der Waals surface area contributed by atoms with Crippen molar-refractivity contribution in [2.75, 3.05) is 11.9 Å². The summed E-state index contributed by atoms with van der Waals surface area (Å²) < 4.78 is 0. The maximum absolute atomic E-state index is 4.33. The number of rotatable bonds is 4. The van der Waals surface area contributed by atoms with E-state index in [9.17, 15) is 0 Å². The first kappa shape index (κ1) is 15.4. The van der Waals surface area contributed by atoms with E-state index >= 15 is 0 Å². The first-order valence-electron chi connectivity index (χ1n) is 7.24. The van der Waals surface area contributed by atoms with Crippen LogP contribution >= 0.6 is 0 Å². The highest BCUT2D eigenvalue weighted by atomic mass is 15.3. The number of anilines is 2. The summed E-state index contributed by atoms with van der Waals surface area (Å²) in [4.78, 5) is 2.06. The van der Waals surface area contributed by atoms with Gasteiger partial charge in [-0.15, -0.1) is 5.10 Å². The van der Waals surface area contributed by atoms with Gasteiger partial charge in [0.25, 0.3) is 0 Å². The SMILES string of the molecule is Cc1ccccc1N(C)c1ccc(CNC(C)(C)C)nn1. The molecule has 0 saturated heterocycles. The van der Waals surface area contributed by atoms with Crippen LogP contribution in [0.1, 0.15) is 32.0 Å². The van der Waals surface area contributed by atoms with Crippen molar-refractivity contribution in [3.8, 4) is 0 Å². The Morgan fingerprint density at radius 2 is 1.76 bits per heavy atom. The van der Waals surface area contributed by atoms with E-state index in [0.717, 1.165) is 23.7 Å². The van der Waals surface area contributed by atoms with E-state index in [4.69, 9.17) is 0 Å². The average Bonchev–Trinajstić information content (AvgIpc) is 2.45. The normalized spacial score (nSPS) is 11.5. The van der Waals surface area contributed by atoms with Crippen LogP contribution in [0.15, 0.2) is 36.4 Å². The third-order valence-corrected chi connectivity index (χ3v) is 3.33. The Morgan fingerprint density at radius 3 is 2.33 bits per heavy atom. The zero-order chi connectivity index (χ0) is 15.5. The van der Waals surface area contributed by atoms with Crippen LogP contribution in [0.5, 0.6) is 0 Å². The van der Waals surface area contributed by atoms with Crippen molar-refractivity contribution in [3.05, 3.63) is 47.7 Å². The second-order valence-electron chi connectivity index (χ2n) is 6.33. The monoisotopic (exact) mass is 284 g/mol. The van der Waals surface area contributed by atoms with Gasteiger partial charge >= 0.3 is 0 Å². The number of nitrogens with one attached hydrogen (secondary N) is 1. The zero-order valence-electron chi connectivity index (χ0n) is 13.5. The van der Waals surface area contributed by atoms with Crippen LogP contribution in [0, 0.1) is 6.92 Å². The molecule has 1 N–H and O–H groups in total. The minimum atomic E-state index is 0.0816. The predicted octanol–water partition coefficient (Wildman–Crippen LogP) is 3.44. The van der Waals surface area contributed by atoms with Crippen LogP contribution in [-0.2, 0) is 6.54 Å². The highest BCUT2D eigenvalue weighted by Crippen LogP contribution is 2.24. The van der Waals surface area contributed by atoms with Gasteiger partial charge in [0.15, 0.2) is 5.82 Å². The highest BCUT2D eigenvalue weighted by molar-refractivity contribution is 5.62. The molecule has 0 atom stereocenters. The lowest BCUT2D eigenvalue weighted by Crippen LogP contribution is -2.35. The molecule has 2 aromatic rings. The van der Waals surface area contributed by atoms with Crippen molar-refractivity contribution in [2.24, 2.45) is 0 Å². The molecule has 0 aliphatic heterocycles. The molecule has 4 nitrogen and oxygen atoms in total. The van der Waals surface area contributed by atoms with Gasteiger partial charge in [0, 0.05) is 24.8 Å². The maximum Gasteiger partial charge on any atom is 0.155 e. The molecular formula is C17H24N4. The molecule has 1 aromatic carbocycles. The summed E-state index contributed by atoms with van der Waals surface area (Å²) in [5, 5.41) is 12.0. The molecule has 4 heteroatoms. The van der Waals surface area contributed by atoms with E-state index in [-0.39, 0.29) is 5.54 Å². The Kier molecular flexibility index (Phi) is 4.58. The zero-order valence-corrected chi connectivity index (χ0v) is 13.5. The van der Waals surface area contributed by atoms with Gasteiger partial charge in [-0.25, -0.2) is 0 Å². The van der Waals surface area contributed by atoms with Crippen LogP contribution in [-0.4, -0.2) is 22.8 Å². The second kappa shape index (κ2) is 6.22. The third-order valence-electron chi connectivity index (χ3n) is 3.33. The molecule has 0 unspecified atom stereocenters. The van der Waals surface area contributed by atoms with E-state index in [2.05, 4.69) is 60.2 Å². The Balaban J connectivity index is 2.10. The number of nitrogens with zero attached hydrogens (tertiary/aromatic N) is 3. The fourth-order valence-electron chi connectivity index (χ4n) is 2.04. The number of hydrogen-bond donors (Lipinski definition) is 1. The molecule has 0 saturated carbocycles. The van der Waals surface area contributed by atoms with Crippen LogP contribution in [0.2, 0.25) is 0 Å². The standard InChI is InChI=1S/C17H24N4/c1-13-8-6-7-9-15(13)21(5)16-11-10-14(19-20-16)12-18-17(2,3)4/h6-11,18H,12H2,1-5H3. The predicted molar refractivity (Wildman–Crippen MR) is 87.9 cm³/mol. The molecule has 2 rings (SSSR count). The van der Waals surface area contributed by atoms with E-state index in [0.29, 0.717) is 0 Å². The molecule has 0 amide bonds. The van der Waals surface area contributed by atoms with Crippen molar-refractivity contribution in [3.63, 3.8) is 0 Å². The number of benzene rings is 1. The first-order valence-corrected chi connectivity index (χ1v) is 7.24. The van der Waals surface area contributed by atoms with Gasteiger partial charge in [0.1, 0.15) is 0 Å². The molecule has 1 aromatic heterocycles. The van der Waals surface area contributed by atoms with E-state index in [1.807, 2.05) is 31.3 Å². The van der Waals surface area contributed by atoms with Crippen LogP contribution in [0.3, 0.4) is 0 Å². The fraction of sp³-hybridized carbons (Fsp3) is 0.412. The minimum absolute atomic E-state index is 0.0816. The largest absolute Gasteiger partial charge is 0.328 e. The van der Waals surface area contributed by atoms with Gasteiger partial charge in [0.2, 0.25) is 0 Å². The lowest BCUT2D eigenvalue weighted by atomic mass is 10.1. The van der Waals surface area contributed by atoms with Gasteiger partial charge in [-0.3, -0.25) is 0 Å². The molecule has 0 radical (unpaired) electrons. The summed E-state index contributed by atoms with van der Waals surface area (Å²) in [6.45, 7) is 9.24. The third kappa shape index (κ3) is 4.26. The Bertz CT molecular complexity index is 584. The Morgan fingerprint density at radius 1 is 1.05 bits per heavy atom. The second-order valence-corrected chi connectivity index (χ2v) is 6.33. The van der Waals surface area contributed by atoms with Crippen molar-refractivity contribution >= 4 is 11.5 Å². The van der Waals surface area contributed by atoms with Gasteiger partial charge in [-0.1, -0.05) is 18.2 Å². The molecule has 1 heterocycles. The summed E-state index contributed by atoms with van der Waals surface area (Å²) in [6.07, 6.45) is 0. The summed E-state index contributed by atoms with van der Waals surface area (Å²) in [7, 11) is 2.01. The molecule has 0 spiro atoms. The van der Waals surface area contributed by atoms with Gasteiger partial charge in [0.05, 0.1) is 5.69 Å². The van der Waals surface area contributed by atoms with E-state index in [1.165, 1.54) is 5.56 Å². The van der Waals surface area contributed by atoms with Gasteiger partial charge in [-0.05, 0) is 51.5 Å². The summed E-state index contributed by atoms with van der Waals surface area (Å²) in [5.74, 6) is 0.851. The first-order chi connectivity index (χ1) is 9.87. The van der Waals surface area contributed by atoms with Crippen LogP contribution in [0.4, 0.5) is 11.5 Å². The number of para-hydroxylation sites is 1. The average molecular weight is 284 g/mol. The smallest absolute Gasteiger partial charge is 0.155 e. The summed E-state index contributed by atoms with van der Waals surface area (Å²) in [5.41, 5.74) is 3.40. The lowest BCUT2D eigenvalue weighted by Gasteiger charge is -2.21. The van der Waals surface area contributed by atoms with Crippen molar-refractivity contribution in [1.29, 1.82) is 0 Å². The van der Waals surface area contributed by atoms with E-state index < -0.39 is 0 Å². The Hall–Kier alpha value is -1.94. The quantitative estimate of drug-likeness (QED) is 0.933. The number of aromatic nitrogens is 2. The van der Waals surface area contributed by atoms with Crippen molar-refractivity contribution in [2.45, 2.75) is 39.8 Å². The fourth-order valence-corrected chi connectivity index (χ4v) is 2.04. The maximum atomic E-state index is 4.33. The summed E-state index contributed by atoms with van der Waals surface area (Å²) in [6, 6.07) is 12.3. The van der Waals surface area contributed by atoms with Crippen LogP contribution < -0.4 is 10.2 Å². The molecule has 0 aliphatic rings. The number of aryl methyl sites for hydroxylation is 1. The van der Waals surface area contributed by atoms with Crippen molar-refractivity contribution < 1.29 is 0 Å². The minimum Gasteiger partial charge on any atom is -0.328 e. The van der Waals surface area contributed by atoms with Crippen LogP contribution in [0.25, 0.3) is 0 Å². The topological polar surface area (TPSA) is 41.0 Å². The molecule has 21 heavy (non-hydrogen) atoms. The summed E-state index contributed by atoms with van der Waals surface area (Å²) >= 11 is 0.